The highest BCUT2D eigenvalue weighted by Gasteiger charge is 2.31. The van der Waals surface area contributed by atoms with Crippen molar-refractivity contribution in [1.29, 1.82) is 0 Å². The Kier molecular flexibility index (Phi) is 3.24. The number of rotatable bonds is 4. The van der Waals surface area contributed by atoms with Gasteiger partial charge in [-0.25, -0.2) is 0 Å². The first-order valence-corrected chi connectivity index (χ1v) is 8.62. The van der Waals surface area contributed by atoms with Crippen LogP contribution in [0.15, 0.2) is 12.4 Å². The second-order valence-corrected chi connectivity index (χ2v) is 6.89. The fourth-order valence-electron chi connectivity index (χ4n) is 3.67. The minimum Gasteiger partial charge on any atom is -0.377 e. The summed E-state index contributed by atoms with van der Waals surface area (Å²) in [5, 5.41) is 21.6. The van der Waals surface area contributed by atoms with Gasteiger partial charge in [0, 0.05) is 19.6 Å². The quantitative estimate of drug-likeness (QED) is 0.708. The second-order valence-electron chi connectivity index (χ2n) is 6.89. The summed E-state index contributed by atoms with van der Waals surface area (Å²) < 4.78 is 9.22. The molecule has 1 aliphatic heterocycles. The van der Waals surface area contributed by atoms with Crippen molar-refractivity contribution in [1.82, 2.24) is 34.6 Å². The van der Waals surface area contributed by atoms with Gasteiger partial charge in [0.2, 0.25) is 5.65 Å². The fraction of sp³-hybridized carbons (Fsp3) is 0.562. The van der Waals surface area contributed by atoms with E-state index in [9.17, 15) is 0 Å². The topological polar surface area (TPSA) is 86.3 Å². The smallest absolute Gasteiger partial charge is 0.200 e. The Hall–Kier alpha value is -2.55. The van der Waals surface area contributed by atoms with E-state index >= 15 is 0 Å². The molecule has 1 saturated carbocycles. The van der Waals surface area contributed by atoms with E-state index in [1.165, 1.54) is 12.8 Å². The molecule has 0 amide bonds. The van der Waals surface area contributed by atoms with Gasteiger partial charge in [0.05, 0.1) is 24.0 Å². The summed E-state index contributed by atoms with van der Waals surface area (Å²) in [4.78, 5) is 2.31. The molecule has 1 atom stereocenters. The monoisotopic (exact) mass is 340 g/mol. The summed E-state index contributed by atoms with van der Waals surface area (Å²) in [5.74, 6) is 2.41. The van der Waals surface area contributed by atoms with E-state index in [0.717, 1.165) is 35.2 Å². The lowest BCUT2D eigenvalue weighted by molar-refractivity contribution is 0.171. The van der Waals surface area contributed by atoms with E-state index in [2.05, 4.69) is 48.0 Å². The van der Waals surface area contributed by atoms with Gasteiger partial charge in [-0.15, -0.1) is 20.4 Å². The zero-order valence-corrected chi connectivity index (χ0v) is 14.3. The number of ether oxygens (including phenoxy) is 1. The Morgan fingerprint density at radius 2 is 2.12 bits per heavy atom. The molecule has 0 spiro atoms. The minimum atomic E-state index is 0.254. The van der Waals surface area contributed by atoms with Crippen LogP contribution >= 0.6 is 0 Å². The molecule has 0 aromatic carbocycles. The average molecular weight is 340 g/mol. The minimum absolute atomic E-state index is 0.254. The maximum Gasteiger partial charge on any atom is 0.200 e. The van der Waals surface area contributed by atoms with Gasteiger partial charge in [0.1, 0.15) is 12.9 Å². The molecule has 0 saturated heterocycles. The third-order valence-corrected chi connectivity index (χ3v) is 4.97. The zero-order chi connectivity index (χ0) is 17.0. The molecular weight excluding hydrogens is 320 g/mol. The summed E-state index contributed by atoms with van der Waals surface area (Å²) in [6.07, 6.45) is 4.10. The van der Waals surface area contributed by atoms with Crippen LogP contribution in [0.4, 0.5) is 5.69 Å². The molecule has 9 heteroatoms. The standard InChI is InChI=1S/C16H20N8O/c1-10-6-22(7-14-18-19-15(8-25-2)24(10)14)13-5-12(11-3-4-11)21-23-9-17-20-16(13)23/h5,9-11H,3-4,6-8H2,1-2H3/t10-/m0/s1. The SMILES string of the molecule is COCc1nnc2n1[C@@H](C)CN(c1cc(C3CC3)nn3cnnc13)C2. The number of aromatic nitrogens is 7. The highest BCUT2D eigenvalue weighted by atomic mass is 16.5. The summed E-state index contributed by atoms with van der Waals surface area (Å²) in [6, 6.07) is 2.43. The predicted molar refractivity (Wildman–Crippen MR) is 89.3 cm³/mol. The van der Waals surface area contributed by atoms with E-state index in [1.54, 1.807) is 18.0 Å². The lowest BCUT2D eigenvalue weighted by Gasteiger charge is -2.34. The summed E-state index contributed by atoms with van der Waals surface area (Å²) in [5.41, 5.74) is 2.99. The third kappa shape index (κ3) is 2.38. The first-order chi connectivity index (χ1) is 12.2. The van der Waals surface area contributed by atoms with E-state index in [0.29, 0.717) is 19.1 Å². The Labute approximate surface area is 144 Å². The molecule has 0 radical (unpaired) electrons. The number of hydrogen-bond acceptors (Lipinski definition) is 7. The molecule has 3 aromatic heterocycles. The normalized spacial score (nSPS) is 20.2. The maximum absolute atomic E-state index is 5.24. The Bertz CT molecular complexity index is 928. The van der Waals surface area contributed by atoms with Gasteiger partial charge in [-0.1, -0.05) is 0 Å². The van der Waals surface area contributed by atoms with Crippen LogP contribution in [0.5, 0.6) is 0 Å². The van der Waals surface area contributed by atoms with Gasteiger partial charge in [0.15, 0.2) is 11.6 Å². The van der Waals surface area contributed by atoms with Crippen molar-refractivity contribution in [2.75, 3.05) is 18.6 Å². The fourth-order valence-corrected chi connectivity index (χ4v) is 3.67. The summed E-state index contributed by atoms with van der Waals surface area (Å²) >= 11 is 0. The molecule has 2 aliphatic rings. The number of nitrogens with zero attached hydrogens (tertiary/aromatic N) is 8. The molecule has 5 rings (SSSR count). The van der Waals surface area contributed by atoms with Crippen LogP contribution in [0.1, 0.15) is 49.1 Å². The number of methoxy groups -OCH3 is 1. The van der Waals surface area contributed by atoms with Crippen LogP contribution in [-0.4, -0.2) is 48.2 Å². The van der Waals surface area contributed by atoms with Crippen LogP contribution in [-0.2, 0) is 17.9 Å². The lowest BCUT2D eigenvalue weighted by Crippen LogP contribution is -2.37. The summed E-state index contributed by atoms with van der Waals surface area (Å²) in [7, 11) is 1.68. The Morgan fingerprint density at radius 3 is 2.92 bits per heavy atom. The van der Waals surface area contributed by atoms with Crippen LogP contribution in [0.3, 0.4) is 0 Å². The second kappa shape index (κ2) is 5.48. The van der Waals surface area contributed by atoms with Crippen LogP contribution in [0.2, 0.25) is 0 Å². The predicted octanol–water partition coefficient (Wildman–Crippen LogP) is 1.32. The third-order valence-electron chi connectivity index (χ3n) is 4.97. The van der Waals surface area contributed by atoms with Crippen molar-refractivity contribution in [2.45, 2.75) is 44.9 Å². The largest absolute Gasteiger partial charge is 0.377 e. The van der Waals surface area contributed by atoms with Crippen molar-refractivity contribution in [3.8, 4) is 0 Å². The molecule has 9 nitrogen and oxygen atoms in total. The molecule has 25 heavy (non-hydrogen) atoms. The molecule has 1 fully saturated rings. The first kappa shape index (κ1) is 14.8. The average Bonchev–Trinajstić information content (AvgIpc) is 3.21. The van der Waals surface area contributed by atoms with E-state index in [4.69, 9.17) is 4.74 Å². The van der Waals surface area contributed by atoms with Crippen LogP contribution in [0.25, 0.3) is 5.65 Å². The first-order valence-electron chi connectivity index (χ1n) is 8.62. The van der Waals surface area contributed by atoms with E-state index < -0.39 is 0 Å². The van der Waals surface area contributed by atoms with Gasteiger partial charge in [0.25, 0.3) is 0 Å². The van der Waals surface area contributed by atoms with Gasteiger partial charge >= 0.3 is 0 Å². The molecular formula is C16H20N8O. The molecule has 0 bridgehead atoms. The zero-order valence-electron chi connectivity index (χ0n) is 14.3. The van der Waals surface area contributed by atoms with Gasteiger partial charge in [-0.05, 0) is 25.8 Å². The number of fused-ring (bicyclic) bond motifs is 2. The molecule has 0 unspecified atom stereocenters. The highest BCUT2D eigenvalue weighted by molar-refractivity contribution is 5.68. The van der Waals surface area contributed by atoms with Crippen LogP contribution in [0, 0.1) is 0 Å². The number of hydrogen-bond donors (Lipinski definition) is 0. The molecule has 0 N–H and O–H groups in total. The van der Waals surface area contributed by atoms with Gasteiger partial charge in [-0.2, -0.15) is 9.61 Å². The number of anilines is 1. The molecule has 4 heterocycles. The maximum atomic E-state index is 5.24. The van der Waals surface area contributed by atoms with Crippen LogP contribution < -0.4 is 4.90 Å². The van der Waals surface area contributed by atoms with Crippen molar-refractivity contribution >= 4 is 11.3 Å². The Morgan fingerprint density at radius 1 is 1.24 bits per heavy atom. The van der Waals surface area contributed by atoms with Crippen molar-refractivity contribution in [2.24, 2.45) is 0 Å². The molecule has 130 valence electrons. The molecule has 1 aliphatic carbocycles. The van der Waals surface area contributed by atoms with Crippen molar-refractivity contribution in [3.05, 3.63) is 29.7 Å². The van der Waals surface area contributed by atoms with E-state index in [-0.39, 0.29) is 6.04 Å². The Balaban J connectivity index is 1.55. The molecule has 3 aromatic rings. The lowest BCUT2D eigenvalue weighted by atomic mass is 10.2. The van der Waals surface area contributed by atoms with Crippen molar-refractivity contribution in [3.63, 3.8) is 0 Å². The highest BCUT2D eigenvalue weighted by Crippen LogP contribution is 2.41. The van der Waals surface area contributed by atoms with Crippen molar-refractivity contribution < 1.29 is 4.74 Å². The summed E-state index contributed by atoms with van der Waals surface area (Å²) in [6.45, 7) is 4.21. The van der Waals surface area contributed by atoms with E-state index in [1.807, 2.05) is 0 Å². The van der Waals surface area contributed by atoms with Gasteiger partial charge in [-0.3, -0.25) is 0 Å². The van der Waals surface area contributed by atoms with Gasteiger partial charge < -0.3 is 14.2 Å².